The van der Waals surface area contributed by atoms with E-state index in [2.05, 4.69) is 0 Å². The molecule has 0 spiro atoms. The van der Waals surface area contributed by atoms with Crippen LogP contribution in [-0.2, 0) is 4.79 Å². The molecule has 0 saturated carbocycles. The van der Waals surface area contributed by atoms with E-state index in [1.54, 1.807) is 31.4 Å². The fourth-order valence-electron chi connectivity index (χ4n) is 1.22. The number of benzene rings is 1. The number of ketones is 1. The Bertz CT molecular complexity index is 373. The van der Waals surface area contributed by atoms with Crippen molar-refractivity contribution < 1.29 is 14.3 Å². The predicted octanol–water partition coefficient (Wildman–Crippen LogP) is 0.648. The van der Waals surface area contributed by atoms with Crippen LogP contribution in [0, 0.1) is 0 Å². The SMILES string of the molecule is COc1ccc(C(=O)CCC(=O)NN)cc1. The predicted molar refractivity (Wildman–Crippen MR) is 58.9 cm³/mol. The number of ether oxygens (including phenoxy) is 1. The highest BCUT2D eigenvalue weighted by Gasteiger charge is 2.08. The van der Waals surface area contributed by atoms with Crippen LogP contribution in [0.4, 0.5) is 0 Å². The summed E-state index contributed by atoms with van der Waals surface area (Å²) in [5, 5.41) is 0. The monoisotopic (exact) mass is 222 g/mol. The van der Waals surface area contributed by atoms with Crippen LogP contribution in [0.2, 0.25) is 0 Å². The van der Waals surface area contributed by atoms with E-state index in [-0.39, 0.29) is 24.5 Å². The Balaban J connectivity index is 2.56. The summed E-state index contributed by atoms with van der Waals surface area (Å²) < 4.78 is 4.97. The second-order valence-corrected chi connectivity index (χ2v) is 3.22. The van der Waals surface area contributed by atoms with Crippen molar-refractivity contribution in [3.8, 4) is 5.75 Å². The highest BCUT2D eigenvalue weighted by atomic mass is 16.5. The standard InChI is InChI=1S/C11H14N2O3/c1-16-9-4-2-8(3-5-9)10(14)6-7-11(15)13-12/h2-5H,6-7,12H2,1H3,(H,13,15). The van der Waals surface area contributed by atoms with Gasteiger partial charge in [0, 0.05) is 18.4 Å². The summed E-state index contributed by atoms with van der Waals surface area (Å²) >= 11 is 0. The number of carbonyl (C=O) groups excluding carboxylic acids is 2. The average molecular weight is 222 g/mol. The Hall–Kier alpha value is -1.88. The third-order valence-corrected chi connectivity index (χ3v) is 2.15. The molecular weight excluding hydrogens is 208 g/mol. The summed E-state index contributed by atoms with van der Waals surface area (Å²) in [6.07, 6.45) is 0.247. The molecule has 1 rings (SSSR count). The van der Waals surface area contributed by atoms with Crippen molar-refractivity contribution in [1.82, 2.24) is 5.43 Å². The molecule has 0 atom stereocenters. The van der Waals surface area contributed by atoms with E-state index < -0.39 is 0 Å². The van der Waals surface area contributed by atoms with Crippen molar-refractivity contribution in [3.63, 3.8) is 0 Å². The van der Waals surface area contributed by atoms with Crippen LogP contribution in [0.5, 0.6) is 5.75 Å². The molecule has 0 heterocycles. The van der Waals surface area contributed by atoms with E-state index in [1.165, 1.54) is 0 Å². The lowest BCUT2D eigenvalue weighted by Gasteiger charge is -2.02. The minimum Gasteiger partial charge on any atom is -0.497 e. The zero-order valence-electron chi connectivity index (χ0n) is 9.03. The molecule has 0 fully saturated rings. The van der Waals surface area contributed by atoms with Gasteiger partial charge in [0.2, 0.25) is 5.91 Å². The summed E-state index contributed by atoms with van der Waals surface area (Å²) in [6, 6.07) is 6.75. The van der Waals surface area contributed by atoms with Crippen LogP contribution < -0.4 is 16.0 Å². The summed E-state index contributed by atoms with van der Waals surface area (Å²) in [7, 11) is 1.56. The van der Waals surface area contributed by atoms with Crippen LogP contribution >= 0.6 is 0 Å². The van der Waals surface area contributed by atoms with Gasteiger partial charge in [-0.05, 0) is 24.3 Å². The van der Waals surface area contributed by atoms with Crippen LogP contribution in [-0.4, -0.2) is 18.8 Å². The van der Waals surface area contributed by atoms with Gasteiger partial charge in [0.1, 0.15) is 5.75 Å². The van der Waals surface area contributed by atoms with Gasteiger partial charge in [-0.3, -0.25) is 15.0 Å². The first-order valence-corrected chi connectivity index (χ1v) is 4.84. The third-order valence-electron chi connectivity index (χ3n) is 2.15. The Morgan fingerprint density at radius 1 is 1.25 bits per heavy atom. The highest BCUT2D eigenvalue weighted by Crippen LogP contribution is 2.13. The molecule has 86 valence electrons. The fourth-order valence-corrected chi connectivity index (χ4v) is 1.22. The lowest BCUT2D eigenvalue weighted by molar-refractivity contribution is -0.121. The van der Waals surface area contributed by atoms with E-state index in [1.807, 2.05) is 5.43 Å². The van der Waals surface area contributed by atoms with Crippen LogP contribution in [0.15, 0.2) is 24.3 Å². The molecule has 3 N–H and O–H groups in total. The van der Waals surface area contributed by atoms with Gasteiger partial charge in [0.25, 0.3) is 0 Å². The summed E-state index contributed by atoms with van der Waals surface area (Å²) in [5.41, 5.74) is 2.54. The molecule has 1 aromatic carbocycles. The van der Waals surface area contributed by atoms with Crippen LogP contribution in [0.25, 0.3) is 0 Å². The quantitative estimate of drug-likeness (QED) is 0.331. The smallest absolute Gasteiger partial charge is 0.234 e. The topological polar surface area (TPSA) is 81.4 Å². The Morgan fingerprint density at radius 3 is 2.38 bits per heavy atom. The number of hydrazine groups is 1. The minimum absolute atomic E-state index is 0.0914. The first-order chi connectivity index (χ1) is 7.67. The summed E-state index contributed by atoms with van der Waals surface area (Å²) in [6.45, 7) is 0. The largest absolute Gasteiger partial charge is 0.497 e. The number of rotatable bonds is 5. The molecule has 1 aromatic rings. The van der Waals surface area contributed by atoms with Crippen LogP contribution in [0.3, 0.4) is 0 Å². The molecule has 0 bridgehead atoms. The zero-order chi connectivity index (χ0) is 12.0. The lowest BCUT2D eigenvalue weighted by Crippen LogP contribution is -2.30. The highest BCUT2D eigenvalue weighted by molar-refractivity contribution is 5.97. The summed E-state index contributed by atoms with van der Waals surface area (Å²) in [4.78, 5) is 22.4. The summed E-state index contributed by atoms with van der Waals surface area (Å²) in [5.74, 6) is 5.16. The number of hydrogen-bond acceptors (Lipinski definition) is 4. The number of nitrogens with one attached hydrogen (secondary N) is 1. The van der Waals surface area contributed by atoms with E-state index in [0.717, 1.165) is 0 Å². The minimum atomic E-state index is -0.345. The van der Waals surface area contributed by atoms with Crippen molar-refractivity contribution in [2.24, 2.45) is 5.84 Å². The van der Waals surface area contributed by atoms with Gasteiger partial charge in [-0.15, -0.1) is 0 Å². The molecule has 1 amide bonds. The van der Waals surface area contributed by atoms with E-state index in [4.69, 9.17) is 10.6 Å². The van der Waals surface area contributed by atoms with Gasteiger partial charge in [0.05, 0.1) is 7.11 Å². The maximum atomic E-state index is 11.6. The lowest BCUT2D eigenvalue weighted by atomic mass is 10.1. The first-order valence-electron chi connectivity index (χ1n) is 4.84. The third kappa shape index (κ3) is 3.36. The molecule has 0 aliphatic rings. The molecule has 5 heteroatoms. The fraction of sp³-hybridized carbons (Fsp3) is 0.273. The van der Waals surface area contributed by atoms with E-state index >= 15 is 0 Å². The normalized spacial score (nSPS) is 9.62. The second-order valence-electron chi connectivity index (χ2n) is 3.22. The Kier molecular flexibility index (Phi) is 4.47. The van der Waals surface area contributed by atoms with Gasteiger partial charge in [-0.1, -0.05) is 0 Å². The van der Waals surface area contributed by atoms with Gasteiger partial charge < -0.3 is 4.74 Å². The molecule has 0 aromatic heterocycles. The molecule has 0 unspecified atom stereocenters. The molecule has 0 aliphatic heterocycles. The molecule has 16 heavy (non-hydrogen) atoms. The van der Waals surface area contributed by atoms with Crippen molar-refractivity contribution >= 4 is 11.7 Å². The zero-order valence-corrected chi connectivity index (χ0v) is 9.03. The number of methoxy groups -OCH3 is 1. The van der Waals surface area contributed by atoms with Gasteiger partial charge in [0.15, 0.2) is 5.78 Å². The number of hydrogen-bond donors (Lipinski definition) is 2. The van der Waals surface area contributed by atoms with Crippen LogP contribution in [0.1, 0.15) is 23.2 Å². The van der Waals surface area contributed by atoms with Gasteiger partial charge in [-0.25, -0.2) is 5.84 Å². The average Bonchev–Trinajstić information content (AvgIpc) is 2.35. The van der Waals surface area contributed by atoms with Crippen molar-refractivity contribution in [3.05, 3.63) is 29.8 Å². The molecule has 0 radical (unpaired) electrons. The number of carbonyl (C=O) groups is 2. The maximum absolute atomic E-state index is 11.6. The second kappa shape index (κ2) is 5.87. The molecule has 5 nitrogen and oxygen atoms in total. The maximum Gasteiger partial charge on any atom is 0.234 e. The Morgan fingerprint density at radius 2 is 1.88 bits per heavy atom. The molecule has 0 aliphatic carbocycles. The van der Waals surface area contributed by atoms with Crippen molar-refractivity contribution in [2.45, 2.75) is 12.8 Å². The van der Waals surface area contributed by atoms with Crippen molar-refractivity contribution in [2.75, 3.05) is 7.11 Å². The number of Topliss-reactive ketones (excluding diaryl/α,β-unsaturated/α-hetero) is 1. The molecule has 0 saturated heterocycles. The number of nitrogens with two attached hydrogens (primary N) is 1. The van der Waals surface area contributed by atoms with Crippen molar-refractivity contribution in [1.29, 1.82) is 0 Å². The van der Waals surface area contributed by atoms with E-state index in [0.29, 0.717) is 11.3 Å². The molecular formula is C11H14N2O3. The Labute approximate surface area is 93.6 Å². The van der Waals surface area contributed by atoms with Gasteiger partial charge in [-0.2, -0.15) is 0 Å². The number of amides is 1. The first kappa shape index (κ1) is 12.2. The van der Waals surface area contributed by atoms with Gasteiger partial charge >= 0.3 is 0 Å². The van der Waals surface area contributed by atoms with E-state index in [9.17, 15) is 9.59 Å².